The first-order valence-electron chi connectivity index (χ1n) is 6.11. The van der Waals surface area contributed by atoms with Crippen molar-refractivity contribution in [1.82, 2.24) is 9.97 Å². The number of hydrogen-bond acceptors (Lipinski definition) is 3. The van der Waals surface area contributed by atoms with E-state index in [0.717, 1.165) is 4.47 Å². The Kier molecular flexibility index (Phi) is 3.31. The molecule has 0 aliphatic carbocycles. The SMILES string of the molecule is O=C(c1ccc(Br)cc1)c1ccc2[nH]c(=O)[nH]c(=O)c2c1. The Labute approximate surface area is 126 Å². The van der Waals surface area contributed by atoms with Crippen molar-refractivity contribution < 1.29 is 4.79 Å². The second kappa shape index (κ2) is 5.14. The predicted molar refractivity (Wildman–Crippen MR) is 82.8 cm³/mol. The zero-order valence-corrected chi connectivity index (χ0v) is 12.2. The second-order valence-electron chi connectivity index (χ2n) is 4.50. The van der Waals surface area contributed by atoms with Crippen molar-refractivity contribution in [3.8, 4) is 0 Å². The third-order valence-electron chi connectivity index (χ3n) is 3.11. The summed E-state index contributed by atoms with van der Waals surface area (Å²) in [5, 5.41) is 0.276. The van der Waals surface area contributed by atoms with Crippen LogP contribution in [0.5, 0.6) is 0 Å². The van der Waals surface area contributed by atoms with Crippen LogP contribution in [-0.4, -0.2) is 15.8 Å². The maximum Gasteiger partial charge on any atom is 0.326 e. The van der Waals surface area contributed by atoms with Crippen molar-refractivity contribution in [1.29, 1.82) is 0 Å². The number of rotatable bonds is 2. The first kappa shape index (κ1) is 13.5. The van der Waals surface area contributed by atoms with E-state index in [-0.39, 0.29) is 11.2 Å². The molecule has 2 N–H and O–H groups in total. The van der Waals surface area contributed by atoms with Gasteiger partial charge in [-0.2, -0.15) is 0 Å². The molecule has 0 radical (unpaired) electrons. The molecule has 0 fully saturated rings. The van der Waals surface area contributed by atoms with Crippen molar-refractivity contribution in [2.24, 2.45) is 0 Å². The van der Waals surface area contributed by atoms with E-state index in [9.17, 15) is 14.4 Å². The van der Waals surface area contributed by atoms with Crippen LogP contribution in [0, 0.1) is 0 Å². The van der Waals surface area contributed by atoms with Gasteiger partial charge in [-0.25, -0.2) is 4.79 Å². The van der Waals surface area contributed by atoms with E-state index in [1.165, 1.54) is 6.07 Å². The van der Waals surface area contributed by atoms with E-state index in [2.05, 4.69) is 25.9 Å². The average Bonchev–Trinajstić information content (AvgIpc) is 2.47. The van der Waals surface area contributed by atoms with Gasteiger partial charge < -0.3 is 4.98 Å². The Morgan fingerprint density at radius 2 is 1.57 bits per heavy atom. The summed E-state index contributed by atoms with van der Waals surface area (Å²) in [6.45, 7) is 0. The van der Waals surface area contributed by atoms with Crippen molar-refractivity contribution in [3.05, 3.63) is 78.9 Å². The number of carbonyl (C=O) groups excluding carboxylic acids is 1. The summed E-state index contributed by atoms with van der Waals surface area (Å²) in [5.41, 5.74) is 0.232. The minimum absolute atomic E-state index is 0.185. The monoisotopic (exact) mass is 344 g/mol. The van der Waals surface area contributed by atoms with Gasteiger partial charge >= 0.3 is 5.69 Å². The third kappa shape index (κ3) is 2.57. The maximum atomic E-state index is 12.4. The molecule has 104 valence electrons. The number of halogens is 1. The molecule has 0 bridgehead atoms. The van der Waals surface area contributed by atoms with Gasteiger partial charge in [0.25, 0.3) is 5.56 Å². The summed E-state index contributed by atoms with van der Waals surface area (Å²) in [6, 6.07) is 11.6. The molecule has 6 heteroatoms. The van der Waals surface area contributed by atoms with Crippen LogP contribution < -0.4 is 11.2 Å². The summed E-state index contributed by atoms with van der Waals surface area (Å²) < 4.78 is 0.881. The Balaban J connectivity index is 2.13. The number of carbonyl (C=O) groups is 1. The molecule has 5 nitrogen and oxygen atoms in total. The third-order valence-corrected chi connectivity index (χ3v) is 3.64. The number of benzene rings is 2. The fourth-order valence-electron chi connectivity index (χ4n) is 2.07. The molecule has 2 aromatic carbocycles. The van der Waals surface area contributed by atoms with Gasteiger partial charge in [0.05, 0.1) is 10.9 Å². The second-order valence-corrected chi connectivity index (χ2v) is 5.42. The van der Waals surface area contributed by atoms with Gasteiger partial charge in [-0.1, -0.05) is 15.9 Å². The highest BCUT2D eigenvalue weighted by molar-refractivity contribution is 9.10. The van der Waals surface area contributed by atoms with Crippen LogP contribution in [0.4, 0.5) is 0 Å². The van der Waals surface area contributed by atoms with Gasteiger partial charge in [-0.05, 0) is 42.5 Å². The van der Waals surface area contributed by atoms with Crippen LogP contribution in [0.3, 0.4) is 0 Å². The van der Waals surface area contributed by atoms with E-state index in [1.807, 2.05) is 0 Å². The molecule has 0 amide bonds. The van der Waals surface area contributed by atoms with Gasteiger partial charge in [-0.3, -0.25) is 14.6 Å². The summed E-state index contributed by atoms with van der Waals surface area (Å²) in [4.78, 5) is 40.0. The van der Waals surface area contributed by atoms with Crippen molar-refractivity contribution in [2.45, 2.75) is 0 Å². The van der Waals surface area contributed by atoms with Crippen LogP contribution in [0.25, 0.3) is 10.9 Å². The van der Waals surface area contributed by atoms with Crippen LogP contribution in [0.2, 0.25) is 0 Å². The zero-order valence-electron chi connectivity index (χ0n) is 10.6. The number of hydrogen-bond donors (Lipinski definition) is 2. The Hall–Kier alpha value is -2.47. The number of nitrogens with one attached hydrogen (secondary N) is 2. The van der Waals surface area contributed by atoms with Crippen LogP contribution in [0.1, 0.15) is 15.9 Å². The minimum Gasteiger partial charge on any atom is -0.307 e. The molecule has 1 aromatic heterocycles. The van der Waals surface area contributed by atoms with Crippen LogP contribution in [0.15, 0.2) is 56.5 Å². The number of H-pyrrole nitrogens is 2. The first-order valence-corrected chi connectivity index (χ1v) is 6.90. The van der Waals surface area contributed by atoms with E-state index in [0.29, 0.717) is 16.6 Å². The molecular weight excluding hydrogens is 336 g/mol. The minimum atomic E-state index is -0.570. The van der Waals surface area contributed by atoms with Crippen LogP contribution in [-0.2, 0) is 0 Å². The molecule has 0 aliphatic rings. The number of aromatic nitrogens is 2. The molecule has 0 saturated heterocycles. The number of fused-ring (bicyclic) bond motifs is 1. The first-order chi connectivity index (χ1) is 10.0. The average molecular weight is 345 g/mol. The Bertz CT molecular complexity index is 955. The van der Waals surface area contributed by atoms with Crippen molar-refractivity contribution in [3.63, 3.8) is 0 Å². The Morgan fingerprint density at radius 3 is 2.29 bits per heavy atom. The van der Waals surface area contributed by atoms with Crippen molar-refractivity contribution in [2.75, 3.05) is 0 Å². The number of aromatic amines is 2. The van der Waals surface area contributed by atoms with E-state index in [4.69, 9.17) is 0 Å². The van der Waals surface area contributed by atoms with Gasteiger partial charge in [0.15, 0.2) is 5.78 Å². The maximum absolute atomic E-state index is 12.4. The molecule has 0 aliphatic heterocycles. The molecule has 0 saturated carbocycles. The lowest BCUT2D eigenvalue weighted by Crippen LogP contribution is -2.22. The largest absolute Gasteiger partial charge is 0.326 e. The smallest absolute Gasteiger partial charge is 0.307 e. The van der Waals surface area contributed by atoms with Crippen LogP contribution >= 0.6 is 15.9 Å². The lowest BCUT2D eigenvalue weighted by molar-refractivity contribution is 0.103. The topological polar surface area (TPSA) is 82.8 Å². The molecule has 3 aromatic rings. The quantitative estimate of drug-likeness (QED) is 0.699. The normalized spacial score (nSPS) is 10.7. The molecule has 0 atom stereocenters. The Morgan fingerprint density at radius 1 is 0.905 bits per heavy atom. The highest BCUT2D eigenvalue weighted by atomic mass is 79.9. The summed E-state index contributed by atoms with van der Waals surface area (Å²) in [5.74, 6) is -0.185. The highest BCUT2D eigenvalue weighted by Gasteiger charge is 2.11. The molecular formula is C15H9BrN2O3. The van der Waals surface area contributed by atoms with Gasteiger partial charge in [0, 0.05) is 15.6 Å². The van der Waals surface area contributed by atoms with E-state index >= 15 is 0 Å². The summed E-state index contributed by atoms with van der Waals surface area (Å²) in [6.07, 6.45) is 0. The summed E-state index contributed by atoms with van der Waals surface area (Å²) >= 11 is 3.31. The predicted octanol–water partition coefficient (Wildman–Crippen LogP) is 2.21. The fourth-order valence-corrected chi connectivity index (χ4v) is 2.34. The molecule has 1 heterocycles. The highest BCUT2D eigenvalue weighted by Crippen LogP contribution is 2.16. The van der Waals surface area contributed by atoms with Gasteiger partial charge in [0.1, 0.15) is 0 Å². The fraction of sp³-hybridized carbons (Fsp3) is 0. The van der Waals surface area contributed by atoms with E-state index in [1.54, 1.807) is 36.4 Å². The van der Waals surface area contributed by atoms with Gasteiger partial charge in [0.2, 0.25) is 0 Å². The standard InChI is InChI=1S/C15H9BrN2O3/c16-10-4-1-8(2-5-10)13(19)9-3-6-12-11(7-9)14(20)18-15(21)17-12/h1-7H,(H2,17,18,20,21). The van der Waals surface area contributed by atoms with Crippen molar-refractivity contribution >= 4 is 32.6 Å². The van der Waals surface area contributed by atoms with E-state index < -0.39 is 11.2 Å². The zero-order chi connectivity index (χ0) is 15.0. The molecule has 3 rings (SSSR count). The summed E-state index contributed by atoms with van der Waals surface area (Å²) in [7, 11) is 0. The van der Waals surface area contributed by atoms with Gasteiger partial charge in [-0.15, -0.1) is 0 Å². The molecule has 0 unspecified atom stereocenters. The molecule has 0 spiro atoms. The number of ketones is 1. The molecule has 21 heavy (non-hydrogen) atoms. The lowest BCUT2D eigenvalue weighted by Gasteiger charge is -2.03. The lowest BCUT2D eigenvalue weighted by atomic mass is 10.0.